The van der Waals surface area contributed by atoms with Crippen molar-refractivity contribution in [3.05, 3.63) is 0 Å². The Morgan fingerprint density at radius 1 is 0.283 bits per heavy atom. The quantitative estimate of drug-likeness (QED) is 0.0116. The lowest BCUT2D eigenvalue weighted by Gasteiger charge is -2.28. The summed E-state index contributed by atoms with van der Waals surface area (Å²) in [7, 11) is 0. The van der Waals surface area contributed by atoms with Crippen molar-refractivity contribution >= 4 is 125 Å². The van der Waals surface area contributed by atoms with Crippen molar-refractivity contribution in [2.24, 2.45) is 143 Å². The fraction of sp³-hybridized carbons (Fsp3) is 0.703. The molecule has 0 bridgehead atoms. The highest BCUT2D eigenvalue weighted by Gasteiger charge is 2.36. The number of primary amides is 1. The van der Waals surface area contributed by atoms with E-state index in [1.54, 1.807) is 20.8 Å². The van der Waals surface area contributed by atoms with E-state index in [2.05, 4.69) is 106 Å². The highest BCUT2D eigenvalue weighted by Crippen LogP contribution is 2.16. The Balaban J connectivity index is 7.81. The van der Waals surface area contributed by atoms with Crippen LogP contribution in [-0.2, 0) is 62.2 Å². The van der Waals surface area contributed by atoms with Gasteiger partial charge in [-0.15, -0.1) is 0 Å². The zero-order chi connectivity index (χ0) is 85.4. The van der Waals surface area contributed by atoms with Crippen LogP contribution in [0.5, 0.6) is 0 Å². The van der Waals surface area contributed by atoms with Crippen LogP contribution in [-0.4, -0.2) is 258 Å². The normalized spacial score (nSPS) is 13.2. The van der Waals surface area contributed by atoms with Gasteiger partial charge in [-0.1, -0.05) is 20.8 Å². The molecule has 113 heavy (non-hydrogen) atoms. The number of nitrogens with two attached hydrogens (primary N) is 17. The van der Waals surface area contributed by atoms with Crippen LogP contribution in [0.25, 0.3) is 0 Å². The lowest BCUT2D eigenvalue weighted by atomic mass is 9.94. The summed E-state index contributed by atoms with van der Waals surface area (Å²) in [4.78, 5) is 187. The summed E-state index contributed by atoms with van der Waals surface area (Å²) in [6.45, 7) is 5.35. The van der Waals surface area contributed by atoms with Crippen molar-refractivity contribution < 1.29 is 62.2 Å². The van der Waals surface area contributed by atoms with E-state index in [1.165, 1.54) is 0 Å². The molecule has 0 heterocycles. The number of guanidine groups is 8. The van der Waals surface area contributed by atoms with Gasteiger partial charge in [0.15, 0.2) is 47.7 Å². The molecule has 0 radical (unpaired) electrons. The molecule has 48 nitrogen and oxygen atoms in total. The Bertz CT molecular complexity index is 3210. The van der Waals surface area contributed by atoms with Gasteiger partial charge in [-0.25, -0.2) is 0 Å². The summed E-state index contributed by atoms with van der Waals surface area (Å²) in [6.07, 6.45) is -0.224. The van der Waals surface area contributed by atoms with Gasteiger partial charge in [-0.2, -0.15) is 12.6 Å². The molecule has 49 heteroatoms. The molecule has 9 atom stereocenters. The SMILES string of the molecule is CC(C)(C)C(=O)N[C@H](CCCN=C(N)N)C(=O)N[C@H](CCCN=C(N)N)C(=O)N[C@H](CCCN=C(N)N)C(=O)N[C@H](CCCN=C(N)N)C(=O)N[C@H](CCCN=C(N)N)C(=O)N[C@H](CCCN=C(N)N)C(=O)N[C@H](CCCN=C(N)N)C(=O)N[C@H](CCCN=C(N)N)C(=O)N[C@H](CS)C(=O)NCCOCCOCCCC(N)=O. The van der Waals surface area contributed by atoms with Crippen LogP contribution in [0.15, 0.2) is 39.9 Å². The summed E-state index contributed by atoms with van der Waals surface area (Å²) in [5, 5.41) is 26.6. The summed E-state index contributed by atoms with van der Waals surface area (Å²) >= 11 is 4.28. The molecule has 11 amide bonds. The molecule has 44 N–H and O–H groups in total. The molecule has 642 valence electrons. The van der Waals surface area contributed by atoms with Crippen LogP contribution < -0.4 is 151 Å². The third kappa shape index (κ3) is 51.7. The number of amides is 11. The summed E-state index contributed by atoms with van der Waals surface area (Å²) in [6, 6.07) is -13.1. The Morgan fingerprint density at radius 2 is 0.487 bits per heavy atom. The van der Waals surface area contributed by atoms with Gasteiger partial charge in [-0.3, -0.25) is 92.7 Å². The number of nitrogens with one attached hydrogen (secondary N) is 10. The monoisotopic (exact) mass is 1630 g/mol. The number of hydrogen-bond acceptors (Lipinski definition) is 22. The third-order valence-electron chi connectivity index (χ3n) is 15.7. The van der Waals surface area contributed by atoms with Crippen molar-refractivity contribution in [1.82, 2.24) is 53.2 Å². The molecular weight excluding hydrogens is 1500 g/mol. The fourth-order valence-corrected chi connectivity index (χ4v) is 10.2. The maximum atomic E-state index is 15.0. The first-order valence-corrected chi connectivity index (χ1v) is 37.4. The molecule has 0 aromatic rings. The smallest absolute Gasteiger partial charge is 0.243 e. The Labute approximate surface area is 662 Å². The first kappa shape index (κ1) is 102. The van der Waals surface area contributed by atoms with E-state index in [-0.39, 0.29) is 241 Å². The van der Waals surface area contributed by atoms with Crippen molar-refractivity contribution in [3.8, 4) is 0 Å². The largest absolute Gasteiger partial charge is 0.379 e. The third-order valence-corrected chi connectivity index (χ3v) is 16.1. The van der Waals surface area contributed by atoms with E-state index < -0.39 is 125 Å². The molecule has 0 aliphatic carbocycles. The Morgan fingerprint density at radius 3 is 0.681 bits per heavy atom. The zero-order valence-electron chi connectivity index (χ0n) is 65.0. The van der Waals surface area contributed by atoms with E-state index in [0.717, 1.165) is 0 Å². The number of rotatable bonds is 61. The summed E-state index contributed by atoms with van der Waals surface area (Å²) < 4.78 is 10.9. The van der Waals surface area contributed by atoms with Crippen LogP contribution in [0.2, 0.25) is 0 Å². The second-order valence-corrected chi connectivity index (χ2v) is 27.0. The molecular formula is C64H127N35O13S. The van der Waals surface area contributed by atoms with Gasteiger partial charge in [0.1, 0.15) is 54.4 Å². The maximum absolute atomic E-state index is 15.0. The van der Waals surface area contributed by atoms with Crippen LogP contribution >= 0.6 is 12.6 Å². The first-order valence-electron chi connectivity index (χ1n) is 36.8. The number of carbonyl (C=O) groups excluding carboxylic acids is 11. The molecule has 0 unspecified atom stereocenters. The van der Waals surface area contributed by atoms with E-state index in [1.807, 2.05) is 0 Å². The molecule has 0 saturated heterocycles. The number of aliphatic imine (C=N–C) groups is 8. The van der Waals surface area contributed by atoms with Crippen molar-refractivity contribution in [2.75, 3.05) is 91.1 Å². The van der Waals surface area contributed by atoms with E-state index >= 15 is 0 Å². The average molecular weight is 1630 g/mol. The number of thiol groups is 1. The predicted octanol–water partition coefficient (Wildman–Crippen LogP) is -11.8. The lowest BCUT2D eigenvalue weighted by Crippen LogP contribution is -2.60. The van der Waals surface area contributed by atoms with Crippen molar-refractivity contribution in [1.29, 1.82) is 0 Å². The van der Waals surface area contributed by atoms with E-state index in [0.29, 0.717) is 13.0 Å². The second kappa shape index (κ2) is 58.5. The number of nitrogens with zero attached hydrogens (tertiary/aromatic N) is 8. The van der Waals surface area contributed by atoms with Crippen molar-refractivity contribution in [3.63, 3.8) is 0 Å². The van der Waals surface area contributed by atoms with Gasteiger partial charge in [0.25, 0.3) is 0 Å². The van der Waals surface area contributed by atoms with Gasteiger partial charge in [0.2, 0.25) is 65.0 Å². The number of carbonyl (C=O) groups is 11. The molecule has 0 rings (SSSR count). The minimum absolute atomic E-state index is 0.00115. The minimum Gasteiger partial charge on any atom is -0.379 e. The fourth-order valence-electron chi connectivity index (χ4n) is 9.97. The van der Waals surface area contributed by atoms with Gasteiger partial charge >= 0.3 is 0 Å². The standard InChI is InChI=1S/C64H127N35O13S/c1-64(2,3)55(110)99-43(20-11-29-90-63(80)81)54(109)97-41(18-9-27-88-61(76)77)52(107)95-39(16-7-25-86-59(72)73)50(105)93-37(14-5-23-84-57(68)69)48(103)91-36(13-4-22-83-56(66)67)47(102)92-38(15-6-24-85-58(70)71)49(104)94-40(17-8-26-87-60(74)75)51(106)96-42(19-10-28-89-62(78)79)53(108)98-44(35-113)46(101)82-30-32-112-34-33-111-31-12-21-45(65)100/h36-44,113H,4-35H2,1-3H3,(H2,65,100)(H,82,101)(H,91,103)(H,92,102)(H,93,105)(H,94,104)(H,95,107)(H,96,106)(H,97,109)(H,98,108)(H,99,110)(H4,66,67,83)(H4,68,69,84)(H4,70,71,85)(H4,72,73,86)(H4,74,75,87)(H4,76,77,88)(H4,78,79,89)(H4,80,81,90)/t36-,37-,38-,39-,40-,41-,42-,43-,44-/m1/s1. The van der Waals surface area contributed by atoms with Crippen LogP contribution in [0.1, 0.15) is 136 Å². The Kier molecular flexibility index (Phi) is 52.6. The van der Waals surface area contributed by atoms with Gasteiger partial charge in [0, 0.05) is 83.1 Å². The molecule has 0 aromatic heterocycles. The highest BCUT2D eigenvalue weighted by molar-refractivity contribution is 7.80. The average Bonchev–Trinajstić information content (AvgIpc) is 0.853. The van der Waals surface area contributed by atoms with Gasteiger partial charge in [0.05, 0.1) is 19.8 Å². The van der Waals surface area contributed by atoms with Crippen LogP contribution in [0.3, 0.4) is 0 Å². The van der Waals surface area contributed by atoms with Gasteiger partial charge in [-0.05, 0) is 109 Å². The first-order chi connectivity index (χ1) is 53.3. The molecule has 0 aromatic carbocycles. The van der Waals surface area contributed by atoms with Crippen molar-refractivity contribution in [2.45, 2.75) is 191 Å². The van der Waals surface area contributed by atoms with Crippen LogP contribution in [0, 0.1) is 5.41 Å². The summed E-state index contributed by atoms with van der Waals surface area (Å²) in [5.74, 6) is -11.5. The minimum atomic E-state index is -1.59. The molecule has 0 aliphatic rings. The van der Waals surface area contributed by atoms with E-state index in [9.17, 15) is 52.7 Å². The predicted molar refractivity (Wildman–Crippen MR) is 433 cm³/mol. The second-order valence-electron chi connectivity index (χ2n) is 26.6. The maximum Gasteiger partial charge on any atom is 0.243 e. The Hall–Kier alpha value is -11.4. The highest BCUT2D eigenvalue weighted by atomic mass is 32.1. The topological polar surface area (TPSA) is 868 Å². The van der Waals surface area contributed by atoms with Gasteiger partial charge < -0.3 is 160 Å². The number of ether oxygens (including phenoxy) is 2. The molecule has 0 aliphatic heterocycles. The lowest BCUT2D eigenvalue weighted by molar-refractivity contribution is -0.136. The number of hydrogen-bond donors (Lipinski definition) is 28. The molecule has 0 saturated carbocycles. The zero-order valence-corrected chi connectivity index (χ0v) is 65.9. The van der Waals surface area contributed by atoms with Crippen LogP contribution in [0.4, 0.5) is 0 Å². The van der Waals surface area contributed by atoms with E-state index in [4.69, 9.17) is 107 Å². The molecule has 0 spiro atoms. The summed E-state index contributed by atoms with van der Waals surface area (Å²) in [5.41, 5.74) is 93.8. The molecule has 0 fully saturated rings.